The summed E-state index contributed by atoms with van der Waals surface area (Å²) in [6.07, 6.45) is 0. The molecule has 23 aromatic rings. The molecule has 0 aliphatic heterocycles. The molecule has 0 N–H and O–H groups in total. The molecule has 0 heterocycles. The summed E-state index contributed by atoms with van der Waals surface area (Å²) in [6, 6.07) is 140. The van der Waals surface area contributed by atoms with Gasteiger partial charge in [-0.25, -0.2) is 0 Å². The summed E-state index contributed by atoms with van der Waals surface area (Å²) in [6.45, 7) is 74.9. The van der Waals surface area contributed by atoms with Crippen molar-refractivity contribution in [2.75, 3.05) is 0 Å². The van der Waals surface area contributed by atoms with E-state index in [0.717, 1.165) is 0 Å². The third kappa shape index (κ3) is 32.9. The molecule has 0 bridgehead atoms. The zero-order valence-corrected chi connectivity index (χ0v) is 96.0. The summed E-state index contributed by atoms with van der Waals surface area (Å²) in [4.78, 5) is 0. The molecule has 0 nitrogen and oxygen atoms in total. The Balaban J connectivity index is 0.000000247. The van der Waals surface area contributed by atoms with E-state index in [1.54, 1.807) is 0 Å². The second kappa shape index (κ2) is 62.4. The Morgan fingerprint density at radius 1 is 0.0959 bits per heavy atom. The van der Waals surface area contributed by atoms with Crippen LogP contribution in [0.2, 0.25) is 0 Å². The van der Waals surface area contributed by atoms with Crippen molar-refractivity contribution in [3.8, 4) is 0 Å². The first-order chi connectivity index (χ1) is 70.8. The van der Waals surface area contributed by atoms with Crippen molar-refractivity contribution >= 4 is 151 Å². The molecule has 0 aliphatic carbocycles. The minimum Gasteiger partial charge on any atom is -0.0683 e. The van der Waals surface area contributed by atoms with Gasteiger partial charge in [0.15, 0.2) is 0 Å². The van der Waals surface area contributed by atoms with Gasteiger partial charge >= 0.3 is 0 Å². The lowest BCUT2D eigenvalue weighted by atomic mass is 9.95. The highest BCUT2D eigenvalue weighted by molar-refractivity contribution is 6.06. The van der Waals surface area contributed by atoms with E-state index in [-0.39, 0.29) is 0 Å². The summed E-state index contributed by atoms with van der Waals surface area (Å²) in [5, 5.41) is 37.7. The van der Waals surface area contributed by atoms with Crippen LogP contribution in [0, 0.1) is 125 Å². The molecule has 0 saturated carbocycles. The average molecular weight is 1930 g/mol. The van der Waals surface area contributed by atoms with Crippen molar-refractivity contribution < 1.29 is 0 Å². The van der Waals surface area contributed by atoms with Crippen molar-refractivity contribution in [3.63, 3.8) is 0 Å². The van der Waals surface area contributed by atoms with E-state index in [0.29, 0.717) is 0 Å². The van der Waals surface area contributed by atoms with Crippen molar-refractivity contribution in [1.29, 1.82) is 0 Å². The molecule has 0 heteroatoms. The molecule has 0 radical (unpaired) electrons. The largest absolute Gasteiger partial charge is 0.0683 e. The molecule has 0 atom stereocenters. The molecule has 146 heavy (non-hydrogen) atoms. The monoisotopic (exact) mass is 1930 g/mol. The smallest absolute Gasteiger partial charge is 0.0119 e. The molecular weight excluding hydrogens is 1750 g/mol. The Morgan fingerprint density at radius 3 is 0.692 bits per heavy atom. The number of aryl methyl sites for hydroxylation is 18. The van der Waals surface area contributed by atoms with E-state index in [1.807, 2.05) is 125 Å². The Morgan fingerprint density at radius 2 is 0.315 bits per heavy atom. The van der Waals surface area contributed by atoms with Crippen molar-refractivity contribution in [1.82, 2.24) is 0 Å². The van der Waals surface area contributed by atoms with Gasteiger partial charge in [0.25, 0.3) is 0 Å². The van der Waals surface area contributed by atoms with Gasteiger partial charge in [-0.15, -0.1) is 0 Å². The van der Waals surface area contributed by atoms with E-state index in [2.05, 4.69) is 513 Å². The van der Waals surface area contributed by atoms with Gasteiger partial charge in [0.2, 0.25) is 0 Å². The van der Waals surface area contributed by atoms with E-state index < -0.39 is 0 Å². The fraction of sp³-hybridized carbons (Fsp3) is 0.247. The third-order valence-corrected chi connectivity index (χ3v) is 25.2. The van der Waals surface area contributed by atoms with Crippen LogP contribution in [0.5, 0.6) is 0 Å². The first-order valence-electron chi connectivity index (χ1n) is 54.1. The van der Waals surface area contributed by atoms with E-state index in [1.165, 1.54) is 251 Å². The maximum Gasteiger partial charge on any atom is -0.0119 e. The first-order valence-corrected chi connectivity index (χ1v) is 54.1. The third-order valence-electron chi connectivity index (χ3n) is 25.2. The highest BCUT2D eigenvalue weighted by Crippen LogP contribution is 2.35. The standard InChI is InChI=1S/5C16H14.4C12H12.9C2H6/c1-11-3-5-13-10-16-8-12(2)4-6-14(16)9-15(13)7-11;1-11-5-3-7-13-9-14-8-4-6-12(2)16(14)10-15(11)13;1-11-6-5-8-14-10-13-7-3-4-9-15(13)12(2)16(11)14;1-11-7-12(2)16-10-14-6-4-3-5-13(14)9-15(16)8-11;1-11-7-8-12(2)16-10-14-6-4-3-5-13(14)9-15(11)16;1-9-3-5-12-8-10(2)4-6-11(12)7-9;1-9-3-5-11-6-4-10(2)8-12(11)7-9;1-9-5-3-8-12-10(2)6-4-7-11(9)12;1-9-5-3-7-11-8-4-6-10(2)12(9)11;9*1-2/h5*3-10H,1-2H3;4*3-8H,1-2H3;9*1-2H3. The van der Waals surface area contributed by atoms with Gasteiger partial charge in [0.1, 0.15) is 0 Å². The molecule has 23 aromatic carbocycles. The zero-order valence-electron chi connectivity index (χ0n) is 96.0. The number of hydrogen-bond donors (Lipinski definition) is 0. The topological polar surface area (TPSA) is 0 Å². The number of hydrogen-bond acceptors (Lipinski definition) is 0. The Labute approximate surface area is 882 Å². The molecule has 0 saturated heterocycles. The molecule has 23 rings (SSSR count). The average Bonchev–Trinajstić information content (AvgIpc) is 0.780. The van der Waals surface area contributed by atoms with E-state index in [9.17, 15) is 0 Å². The van der Waals surface area contributed by atoms with Gasteiger partial charge < -0.3 is 0 Å². The van der Waals surface area contributed by atoms with Crippen molar-refractivity contribution in [3.05, 3.63) is 488 Å². The number of fused-ring (bicyclic) bond motifs is 14. The van der Waals surface area contributed by atoms with E-state index >= 15 is 0 Å². The quantitative estimate of drug-likeness (QED) is 0.133. The summed E-state index contributed by atoms with van der Waals surface area (Å²) < 4.78 is 0. The van der Waals surface area contributed by atoms with Crippen LogP contribution >= 0.6 is 0 Å². The van der Waals surface area contributed by atoms with Gasteiger partial charge in [-0.2, -0.15) is 0 Å². The zero-order chi connectivity index (χ0) is 108. The lowest BCUT2D eigenvalue weighted by Gasteiger charge is -2.09. The maximum atomic E-state index is 2.31. The Bertz CT molecular complexity index is 7670. The number of benzene rings is 23. The van der Waals surface area contributed by atoms with Gasteiger partial charge in [-0.1, -0.05) is 497 Å². The van der Waals surface area contributed by atoms with E-state index in [4.69, 9.17) is 0 Å². The van der Waals surface area contributed by atoms with Crippen LogP contribution in [-0.4, -0.2) is 0 Å². The van der Waals surface area contributed by atoms with Crippen LogP contribution in [0.25, 0.3) is 151 Å². The predicted octanol–water partition coefficient (Wildman–Crippen LogP) is 46.1. The summed E-state index contributed by atoms with van der Waals surface area (Å²) in [5.41, 5.74) is 24.2. The summed E-state index contributed by atoms with van der Waals surface area (Å²) >= 11 is 0. The molecule has 0 aromatic heterocycles. The minimum absolute atomic E-state index is 1.32. The van der Waals surface area contributed by atoms with Crippen LogP contribution < -0.4 is 0 Å². The second-order valence-electron chi connectivity index (χ2n) is 35.5. The fourth-order valence-corrected chi connectivity index (χ4v) is 18.3. The van der Waals surface area contributed by atoms with Crippen LogP contribution in [0.15, 0.2) is 388 Å². The van der Waals surface area contributed by atoms with Crippen molar-refractivity contribution in [2.45, 2.75) is 249 Å². The van der Waals surface area contributed by atoms with Gasteiger partial charge in [0.05, 0.1) is 0 Å². The maximum absolute atomic E-state index is 2.31. The van der Waals surface area contributed by atoms with Crippen LogP contribution in [-0.2, 0) is 0 Å². The molecule has 0 spiro atoms. The molecule has 0 aliphatic rings. The Kier molecular flexibility index (Phi) is 51.5. The summed E-state index contributed by atoms with van der Waals surface area (Å²) in [7, 11) is 0. The van der Waals surface area contributed by atoms with Crippen LogP contribution in [0.4, 0.5) is 0 Å². The normalized spacial score (nSPS) is 9.92. The highest BCUT2D eigenvalue weighted by Gasteiger charge is 2.10. The lowest BCUT2D eigenvalue weighted by Crippen LogP contribution is -1.85. The lowest BCUT2D eigenvalue weighted by molar-refractivity contribution is 1.43. The van der Waals surface area contributed by atoms with Gasteiger partial charge in [-0.05, 0) is 391 Å². The highest BCUT2D eigenvalue weighted by atomic mass is 14.1. The van der Waals surface area contributed by atoms with Crippen LogP contribution in [0.1, 0.15) is 225 Å². The molecule has 0 unspecified atom stereocenters. The molecule has 756 valence electrons. The van der Waals surface area contributed by atoms with Crippen LogP contribution in [0.3, 0.4) is 0 Å². The fourth-order valence-electron chi connectivity index (χ4n) is 18.3. The molecule has 0 fully saturated rings. The Hall–Kier alpha value is -14.3. The SMILES string of the molecule is CC.CC.CC.CC.CC.CC.CC.CC.CC.Cc1cc(C)c2cc3ccccc3cc2c1.Cc1ccc(C)c2cc3ccccc3cc12.Cc1ccc2cc(C)ccc2c1.Cc1ccc2cc3cc(C)ccc3cc2c1.Cc1ccc2ccc(C)cc2c1.Cc1cccc2c(C)cccc12.Cc1cccc2cc3cccc(C)c3cc12.Cc1cccc2cc3ccccc3c(C)c12.Cc1cccc2cccc(C)c12. The first kappa shape index (κ1) is 120. The molecular formula is C146H172. The van der Waals surface area contributed by atoms with Crippen molar-refractivity contribution in [2.24, 2.45) is 0 Å². The van der Waals surface area contributed by atoms with Gasteiger partial charge in [0, 0.05) is 0 Å². The van der Waals surface area contributed by atoms with Gasteiger partial charge in [-0.3, -0.25) is 0 Å². The second-order valence-corrected chi connectivity index (χ2v) is 35.5. The summed E-state index contributed by atoms with van der Waals surface area (Å²) in [5.74, 6) is 0. The minimum atomic E-state index is 1.32. The predicted molar refractivity (Wildman–Crippen MR) is 670 cm³/mol. The molecule has 0 amide bonds. The number of rotatable bonds is 0.